The van der Waals surface area contributed by atoms with Crippen molar-refractivity contribution < 1.29 is 4.74 Å². The number of aryl methyl sites for hydroxylation is 1. The summed E-state index contributed by atoms with van der Waals surface area (Å²) < 4.78 is 5.65. The summed E-state index contributed by atoms with van der Waals surface area (Å²) in [4.78, 5) is 0. The van der Waals surface area contributed by atoms with Gasteiger partial charge in [-0.05, 0) is 57.5 Å². The Hall–Kier alpha value is -0.730. The fraction of sp³-hybridized carbons (Fsp3) is 0.538. The molecular formula is C13H20ClNO. The van der Waals surface area contributed by atoms with Crippen LogP contribution >= 0.6 is 11.6 Å². The predicted octanol–water partition coefficient (Wildman–Crippen LogP) is 3.42. The molecule has 1 N–H and O–H groups in total. The number of hydrogen-bond acceptors (Lipinski definition) is 2. The molecule has 0 bridgehead atoms. The Balaban J connectivity index is 2.23. The SMILES string of the molecule is CNCCCCCOc1cc(C)ccc1Cl. The second kappa shape index (κ2) is 7.53. The molecule has 0 unspecified atom stereocenters. The maximum absolute atomic E-state index is 6.02. The Morgan fingerprint density at radius 3 is 2.81 bits per heavy atom. The van der Waals surface area contributed by atoms with Crippen molar-refractivity contribution in [3.05, 3.63) is 28.8 Å². The van der Waals surface area contributed by atoms with Gasteiger partial charge in [0.05, 0.1) is 11.6 Å². The zero-order valence-corrected chi connectivity index (χ0v) is 10.8. The van der Waals surface area contributed by atoms with Gasteiger partial charge in [0, 0.05) is 0 Å². The van der Waals surface area contributed by atoms with Crippen LogP contribution in [0.4, 0.5) is 0 Å². The van der Waals surface area contributed by atoms with Gasteiger partial charge >= 0.3 is 0 Å². The second-order valence-electron chi connectivity index (χ2n) is 3.95. The molecule has 1 rings (SSSR count). The zero-order valence-electron chi connectivity index (χ0n) is 10.1. The van der Waals surface area contributed by atoms with E-state index in [-0.39, 0.29) is 0 Å². The highest BCUT2D eigenvalue weighted by Crippen LogP contribution is 2.25. The number of unbranched alkanes of at least 4 members (excludes halogenated alkanes) is 2. The Bertz CT molecular complexity index is 315. The van der Waals surface area contributed by atoms with Crippen LogP contribution in [0.1, 0.15) is 24.8 Å². The van der Waals surface area contributed by atoms with E-state index < -0.39 is 0 Å². The van der Waals surface area contributed by atoms with E-state index in [1.807, 2.05) is 32.2 Å². The van der Waals surface area contributed by atoms with Crippen molar-refractivity contribution in [2.75, 3.05) is 20.2 Å². The lowest BCUT2D eigenvalue weighted by molar-refractivity contribution is 0.305. The Labute approximate surface area is 103 Å². The van der Waals surface area contributed by atoms with E-state index in [1.54, 1.807) is 0 Å². The third-order valence-corrected chi connectivity index (χ3v) is 2.73. The third kappa shape index (κ3) is 4.86. The van der Waals surface area contributed by atoms with Gasteiger partial charge in [0.25, 0.3) is 0 Å². The van der Waals surface area contributed by atoms with Crippen molar-refractivity contribution >= 4 is 11.6 Å². The summed E-state index contributed by atoms with van der Waals surface area (Å²) in [6.07, 6.45) is 3.46. The van der Waals surface area contributed by atoms with E-state index >= 15 is 0 Å². The summed E-state index contributed by atoms with van der Waals surface area (Å²) in [5.41, 5.74) is 1.18. The second-order valence-corrected chi connectivity index (χ2v) is 4.35. The first-order valence-electron chi connectivity index (χ1n) is 5.77. The van der Waals surface area contributed by atoms with Crippen molar-refractivity contribution in [2.24, 2.45) is 0 Å². The van der Waals surface area contributed by atoms with Gasteiger partial charge in [-0.3, -0.25) is 0 Å². The van der Waals surface area contributed by atoms with Crippen molar-refractivity contribution in [2.45, 2.75) is 26.2 Å². The molecule has 3 heteroatoms. The fourth-order valence-electron chi connectivity index (χ4n) is 1.48. The van der Waals surface area contributed by atoms with Crippen LogP contribution in [0, 0.1) is 6.92 Å². The lowest BCUT2D eigenvalue weighted by Gasteiger charge is -2.08. The molecule has 0 aromatic heterocycles. The van der Waals surface area contributed by atoms with Gasteiger partial charge in [0.1, 0.15) is 5.75 Å². The van der Waals surface area contributed by atoms with E-state index in [0.717, 1.165) is 25.3 Å². The highest BCUT2D eigenvalue weighted by molar-refractivity contribution is 6.32. The monoisotopic (exact) mass is 241 g/mol. The van der Waals surface area contributed by atoms with Crippen LogP contribution in [0.25, 0.3) is 0 Å². The first kappa shape index (κ1) is 13.3. The summed E-state index contributed by atoms with van der Waals surface area (Å²) in [5.74, 6) is 0.801. The number of rotatable bonds is 7. The van der Waals surface area contributed by atoms with Gasteiger partial charge in [-0.25, -0.2) is 0 Å². The van der Waals surface area contributed by atoms with Gasteiger partial charge < -0.3 is 10.1 Å². The van der Waals surface area contributed by atoms with Gasteiger partial charge in [-0.1, -0.05) is 17.7 Å². The van der Waals surface area contributed by atoms with Crippen LogP contribution in [0.2, 0.25) is 5.02 Å². The first-order chi connectivity index (χ1) is 7.74. The third-order valence-electron chi connectivity index (χ3n) is 2.42. The number of benzene rings is 1. The lowest BCUT2D eigenvalue weighted by Crippen LogP contribution is -2.08. The Kier molecular flexibility index (Phi) is 6.27. The normalized spacial score (nSPS) is 10.4. The van der Waals surface area contributed by atoms with Gasteiger partial charge in [-0.2, -0.15) is 0 Å². The molecule has 0 atom stereocenters. The van der Waals surface area contributed by atoms with Crippen LogP contribution in [0.3, 0.4) is 0 Å². The van der Waals surface area contributed by atoms with Crippen molar-refractivity contribution in [3.63, 3.8) is 0 Å². The molecule has 0 heterocycles. The van der Waals surface area contributed by atoms with E-state index in [0.29, 0.717) is 5.02 Å². The minimum Gasteiger partial charge on any atom is -0.492 e. The molecule has 0 aliphatic carbocycles. The number of halogens is 1. The molecule has 2 nitrogen and oxygen atoms in total. The minimum absolute atomic E-state index is 0.695. The number of ether oxygens (including phenoxy) is 1. The van der Waals surface area contributed by atoms with E-state index in [1.165, 1.54) is 18.4 Å². The van der Waals surface area contributed by atoms with E-state index in [4.69, 9.17) is 16.3 Å². The molecule has 0 radical (unpaired) electrons. The standard InChI is InChI=1S/C13H20ClNO/c1-11-6-7-12(14)13(10-11)16-9-5-3-4-8-15-2/h6-7,10,15H,3-5,8-9H2,1-2H3. The maximum Gasteiger partial charge on any atom is 0.138 e. The summed E-state index contributed by atoms with van der Waals surface area (Å²) in [5, 5.41) is 3.83. The largest absolute Gasteiger partial charge is 0.492 e. The molecule has 0 aliphatic heterocycles. The molecule has 90 valence electrons. The van der Waals surface area contributed by atoms with Crippen LogP contribution in [-0.4, -0.2) is 20.2 Å². The smallest absolute Gasteiger partial charge is 0.138 e. The molecule has 0 spiro atoms. The number of hydrogen-bond donors (Lipinski definition) is 1. The first-order valence-corrected chi connectivity index (χ1v) is 6.15. The van der Waals surface area contributed by atoms with Crippen LogP contribution < -0.4 is 10.1 Å². The van der Waals surface area contributed by atoms with Gasteiger partial charge in [-0.15, -0.1) is 0 Å². The predicted molar refractivity (Wildman–Crippen MR) is 69.5 cm³/mol. The summed E-state index contributed by atoms with van der Waals surface area (Å²) in [6.45, 7) is 3.86. The quantitative estimate of drug-likeness (QED) is 0.739. The van der Waals surface area contributed by atoms with Gasteiger partial charge in [0.15, 0.2) is 0 Å². The fourth-order valence-corrected chi connectivity index (χ4v) is 1.66. The zero-order chi connectivity index (χ0) is 11.8. The van der Waals surface area contributed by atoms with Crippen molar-refractivity contribution in [1.29, 1.82) is 0 Å². The maximum atomic E-state index is 6.02. The van der Waals surface area contributed by atoms with Crippen LogP contribution in [0.5, 0.6) is 5.75 Å². The highest BCUT2D eigenvalue weighted by Gasteiger charge is 2.00. The topological polar surface area (TPSA) is 21.3 Å². The van der Waals surface area contributed by atoms with E-state index in [9.17, 15) is 0 Å². The molecular weight excluding hydrogens is 222 g/mol. The van der Waals surface area contributed by atoms with E-state index in [2.05, 4.69) is 5.32 Å². The number of nitrogens with one attached hydrogen (secondary N) is 1. The van der Waals surface area contributed by atoms with Gasteiger partial charge in [0.2, 0.25) is 0 Å². The average molecular weight is 242 g/mol. The van der Waals surface area contributed by atoms with Crippen molar-refractivity contribution in [1.82, 2.24) is 5.32 Å². The molecule has 0 amide bonds. The minimum atomic E-state index is 0.695. The average Bonchev–Trinajstić information content (AvgIpc) is 2.28. The highest BCUT2D eigenvalue weighted by atomic mass is 35.5. The summed E-state index contributed by atoms with van der Waals surface area (Å²) >= 11 is 6.02. The molecule has 0 saturated heterocycles. The summed E-state index contributed by atoms with van der Waals surface area (Å²) in [6, 6.07) is 5.85. The van der Waals surface area contributed by atoms with Crippen LogP contribution in [0.15, 0.2) is 18.2 Å². The Morgan fingerprint density at radius 1 is 1.25 bits per heavy atom. The molecule has 1 aromatic rings. The molecule has 0 fully saturated rings. The van der Waals surface area contributed by atoms with Crippen LogP contribution in [-0.2, 0) is 0 Å². The molecule has 1 aromatic carbocycles. The lowest BCUT2D eigenvalue weighted by atomic mass is 10.2. The summed E-state index contributed by atoms with van der Waals surface area (Å²) in [7, 11) is 1.98. The molecule has 16 heavy (non-hydrogen) atoms. The Morgan fingerprint density at radius 2 is 2.06 bits per heavy atom. The van der Waals surface area contributed by atoms with Crippen molar-refractivity contribution in [3.8, 4) is 5.75 Å². The molecule has 0 saturated carbocycles. The molecule has 0 aliphatic rings.